The zero-order valence-electron chi connectivity index (χ0n) is 7.12. The van der Waals surface area contributed by atoms with Gasteiger partial charge >= 0.3 is 0 Å². The van der Waals surface area contributed by atoms with E-state index in [-0.39, 0.29) is 0 Å². The summed E-state index contributed by atoms with van der Waals surface area (Å²) in [6.45, 7) is 0. The van der Waals surface area contributed by atoms with E-state index in [1.165, 1.54) is 0 Å². The highest BCUT2D eigenvalue weighted by Crippen LogP contribution is 2.19. The summed E-state index contributed by atoms with van der Waals surface area (Å²) in [7, 11) is 0. The summed E-state index contributed by atoms with van der Waals surface area (Å²) < 4.78 is 0. The normalized spacial score (nSPS) is 9.23. The Morgan fingerprint density at radius 2 is 1.92 bits per heavy atom. The fourth-order valence-corrected chi connectivity index (χ4v) is 1.24. The van der Waals surface area contributed by atoms with E-state index in [0.717, 1.165) is 16.8 Å². The lowest BCUT2D eigenvalue weighted by Gasteiger charge is -1.99. The van der Waals surface area contributed by atoms with Crippen LogP contribution in [0.1, 0.15) is 0 Å². The Bertz CT molecular complexity index is 393. The Morgan fingerprint density at radius 3 is 2.62 bits per heavy atom. The monoisotopic (exact) mass is 167 g/mol. The van der Waals surface area contributed by atoms with E-state index in [9.17, 15) is 0 Å². The van der Waals surface area contributed by atoms with Crippen LogP contribution in [0.3, 0.4) is 0 Å². The smallest absolute Gasteiger partial charge is 0.0320 e. The van der Waals surface area contributed by atoms with Gasteiger partial charge in [0.2, 0.25) is 0 Å². The van der Waals surface area contributed by atoms with Crippen molar-refractivity contribution in [2.75, 3.05) is 5.73 Å². The SMILES string of the molecule is Nc1cccc(-c2cc#ccc2)c1. The molecule has 0 aliphatic rings. The number of hydrogen-bond donors (Lipinski definition) is 1. The maximum atomic E-state index is 5.68. The van der Waals surface area contributed by atoms with Crippen molar-refractivity contribution in [2.45, 2.75) is 0 Å². The third-order valence-electron chi connectivity index (χ3n) is 1.88. The van der Waals surface area contributed by atoms with Crippen LogP contribution >= 0.6 is 0 Å². The van der Waals surface area contributed by atoms with E-state index in [4.69, 9.17) is 5.73 Å². The van der Waals surface area contributed by atoms with Crippen molar-refractivity contribution in [3.8, 4) is 11.1 Å². The zero-order valence-corrected chi connectivity index (χ0v) is 7.12. The molecule has 0 saturated carbocycles. The van der Waals surface area contributed by atoms with Crippen LogP contribution in [0.4, 0.5) is 5.69 Å². The van der Waals surface area contributed by atoms with Gasteiger partial charge in [0.25, 0.3) is 0 Å². The molecule has 0 saturated heterocycles. The lowest BCUT2D eigenvalue weighted by Crippen LogP contribution is -1.84. The van der Waals surface area contributed by atoms with Crippen molar-refractivity contribution >= 4 is 5.69 Å². The molecule has 0 aromatic heterocycles. The third-order valence-corrected chi connectivity index (χ3v) is 1.88. The summed E-state index contributed by atoms with van der Waals surface area (Å²) in [5.41, 5.74) is 8.69. The Hall–Kier alpha value is -1.94. The first-order valence-electron chi connectivity index (χ1n) is 4.10. The molecule has 0 fully saturated rings. The van der Waals surface area contributed by atoms with Crippen LogP contribution in [0.25, 0.3) is 11.1 Å². The molecule has 0 bridgehead atoms. The first-order valence-corrected chi connectivity index (χ1v) is 4.10. The van der Waals surface area contributed by atoms with Crippen molar-refractivity contribution in [3.05, 3.63) is 54.6 Å². The summed E-state index contributed by atoms with van der Waals surface area (Å²) in [6.07, 6.45) is 0. The van der Waals surface area contributed by atoms with Gasteiger partial charge < -0.3 is 5.73 Å². The zero-order chi connectivity index (χ0) is 9.10. The standard InChI is InChI=1S/C12H9N/c13-12-8-4-7-11(9-12)10-5-2-1-3-6-10/h2,4-9H,13H2. The van der Waals surface area contributed by atoms with E-state index in [2.05, 4.69) is 12.1 Å². The molecule has 62 valence electrons. The van der Waals surface area contributed by atoms with E-state index in [1.54, 1.807) is 0 Å². The number of nitrogen functional groups attached to an aromatic ring is 1. The molecule has 0 spiro atoms. The van der Waals surface area contributed by atoms with Gasteiger partial charge in [-0.15, -0.1) is 0 Å². The van der Waals surface area contributed by atoms with Gasteiger partial charge in [-0.2, -0.15) is 0 Å². The molecule has 0 heterocycles. The van der Waals surface area contributed by atoms with Crippen molar-refractivity contribution in [3.63, 3.8) is 0 Å². The Morgan fingerprint density at radius 1 is 1.00 bits per heavy atom. The molecule has 0 radical (unpaired) electrons. The molecule has 1 nitrogen and oxygen atoms in total. The van der Waals surface area contributed by atoms with Crippen LogP contribution in [-0.4, -0.2) is 0 Å². The number of nitrogens with two attached hydrogens (primary N) is 1. The maximum Gasteiger partial charge on any atom is 0.0320 e. The second-order valence-corrected chi connectivity index (χ2v) is 2.85. The molecule has 13 heavy (non-hydrogen) atoms. The lowest BCUT2D eigenvalue weighted by molar-refractivity contribution is 1.62. The highest BCUT2D eigenvalue weighted by Gasteiger charge is 1.94. The Kier molecular flexibility index (Phi) is 1.90. The van der Waals surface area contributed by atoms with Crippen LogP contribution in [0, 0.1) is 12.1 Å². The fourth-order valence-electron chi connectivity index (χ4n) is 1.24. The first-order chi connectivity index (χ1) is 6.36. The van der Waals surface area contributed by atoms with Gasteiger partial charge in [0.05, 0.1) is 0 Å². The predicted molar refractivity (Wildman–Crippen MR) is 54.0 cm³/mol. The third kappa shape index (κ3) is 1.62. The number of benzene rings is 1. The fraction of sp³-hybridized carbons (Fsp3) is 0. The van der Waals surface area contributed by atoms with Crippen LogP contribution in [0.2, 0.25) is 0 Å². The van der Waals surface area contributed by atoms with Crippen molar-refractivity contribution in [2.24, 2.45) is 0 Å². The molecule has 2 rings (SSSR count). The van der Waals surface area contributed by atoms with Gasteiger partial charge in [0.15, 0.2) is 0 Å². The number of anilines is 1. The van der Waals surface area contributed by atoms with Crippen molar-refractivity contribution in [1.82, 2.24) is 0 Å². The van der Waals surface area contributed by atoms with Crippen LogP contribution in [-0.2, 0) is 0 Å². The largest absolute Gasteiger partial charge is 0.399 e. The molecule has 1 heteroatoms. The number of rotatable bonds is 1. The van der Waals surface area contributed by atoms with E-state index >= 15 is 0 Å². The Balaban J connectivity index is 2.48. The van der Waals surface area contributed by atoms with Gasteiger partial charge in [-0.25, -0.2) is 0 Å². The number of hydrogen-bond acceptors (Lipinski definition) is 1. The van der Waals surface area contributed by atoms with Gasteiger partial charge in [0, 0.05) is 5.69 Å². The second-order valence-electron chi connectivity index (χ2n) is 2.85. The van der Waals surface area contributed by atoms with Crippen molar-refractivity contribution in [1.29, 1.82) is 0 Å². The molecule has 0 amide bonds. The quantitative estimate of drug-likeness (QED) is 0.649. The van der Waals surface area contributed by atoms with Crippen LogP contribution in [0.5, 0.6) is 0 Å². The summed E-state index contributed by atoms with van der Waals surface area (Å²) in [5, 5.41) is 0. The topological polar surface area (TPSA) is 26.0 Å². The lowest BCUT2D eigenvalue weighted by atomic mass is 10.1. The van der Waals surface area contributed by atoms with Gasteiger partial charge in [-0.1, -0.05) is 24.3 Å². The minimum absolute atomic E-state index is 0.783. The average Bonchev–Trinajstić information content (AvgIpc) is 2.19. The second kappa shape index (κ2) is 3.20. The Labute approximate surface area is 77.8 Å². The minimum Gasteiger partial charge on any atom is -0.399 e. The summed E-state index contributed by atoms with van der Waals surface area (Å²) in [4.78, 5) is 0. The van der Waals surface area contributed by atoms with Gasteiger partial charge in [0.1, 0.15) is 0 Å². The average molecular weight is 167 g/mol. The minimum atomic E-state index is 0.783. The van der Waals surface area contributed by atoms with Crippen LogP contribution in [0.15, 0.2) is 42.5 Å². The molecule has 0 aliphatic heterocycles. The highest BCUT2D eigenvalue weighted by atomic mass is 14.5. The van der Waals surface area contributed by atoms with E-state index in [0.29, 0.717) is 0 Å². The van der Waals surface area contributed by atoms with Gasteiger partial charge in [-0.3, -0.25) is 0 Å². The molecule has 2 N–H and O–H groups in total. The molecular formula is C12H9N. The molecule has 2 aromatic rings. The maximum absolute atomic E-state index is 5.68. The molecule has 0 unspecified atom stereocenters. The van der Waals surface area contributed by atoms with Gasteiger partial charge in [-0.05, 0) is 41.5 Å². The summed E-state index contributed by atoms with van der Waals surface area (Å²) in [6, 6.07) is 19.3. The first kappa shape index (κ1) is 7.70. The highest BCUT2D eigenvalue weighted by molar-refractivity contribution is 5.66. The predicted octanol–water partition coefficient (Wildman–Crippen LogP) is 2.54. The molecule has 0 aliphatic carbocycles. The van der Waals surface area contributed by atoms with E-state index < -0.39 is 0 Å². The van der Waals surface area contributed by atoms with Crippen molar-refractivity contribution < 1.29 is 0 Å². The van der Waals surface area contributed by atoms with E-state index in [1.807, 2.05) is 42.5 Å². The molecule has 2 aromatic carbocycles. The summed E-state index contributed by atoms with van der Waals surface area (Å²) >= 11 is 0. The van der Waals surface area contributed by atoms with Crippen LogP contribution < -0.4 is 5.73 Å². The summed E-state index contributed by atoms with van der Waals surface area (Å²) in [5.74, 6) is 0. The molecular weight excluding hydrogens is 158 g/mol. The molecule has 0 atom stereocenters.